The molecule has 5 rings (SSSR count). The van der Waals surface area contributed by atoms with Gasteiger partial charge in [-0.3, -0.25) is 9.59 Å². The second kappa shape index (κ2) is 9.89. The summed E-state index contributed by atoms with van der Waals surface area (Å²) in [5.74, 6) is 0.537. The molecule has 0 bridgehead atoms. The van der Waals surface area contributed by atoms with Crippen molar-refractivity contribution in [1.29, 1.82) is 0 Å². The van der Waals surface area contributed by atoms with E-state index in [0.29, 0.717) is 42.9 Å². The van der Waals surface area contributed by atoms with Crippen LogP contribution in [0.25, 0.3) is 11.3 Å². The number of hydrogen-bond acceptors (Lipinski definition) is 5. The van der Waals surface area contributed by atoms with Crippen molar-refractivity contribution in [2.75, 3.05) is 31.1 Å². The molecule has 0 N–H and O–H groups in total. The summed E-state index contributed by atoms with van der Waals surface area (Å²) in [6.45, 7) is 4.46. The Morgan fingerprint density at radius 3 is 2.00 bits per heavy atom. The zero-order valence-corrected chi connectivity index (χ0v) is 19.6. The van der Waals surface area contributed by atoms with Crippen molar-refractivity contribution in [2.45, 2.75) is 6.92 Å². The first-order chi connectivity index (χ1) is 17.1. The van der Waals surface area contributed by atoms with Crippen LogP contribution in [-0.2, 0) is 0 Å². The summed E-state index contributed by atoms with van der Waals surface area (Å²) in [7, 11) is 0. The number of amides is 1. The highest BCUT2D eigenvalue weighted by molar-refractivity contribution is 6.15. The van der Waals surface area contributed by atoms with Crippen LogP contribution in [0.4, 0.5) is 5.82 Å². The highest BCUT2D eigenvalue weighted by Gasteiger charge is 2.26. The molecule has 4 aromatic rings. The minimum absolute atomic E-state index is 0.120. The molecule has 0 atom stereocenters. The lowest BCUT2D eigenvalue weighted by atomic mass is 9.97. The molecule has 35 heavy (non-hydrogen) atoms. The molecule has 1 amide bonds. The molecule has 1 aliphatic rings. The third kappa shape index (κ3) is 4.82. The molecular formula is C29H26N4O2. The summed E-state index contributed by atoms with van der Waals surface area (Å²) in [6, 6.07) is 28.3. The van der Waals surface area contributed by atoms with Gasteiger partial charge in [0.25, 0.3) is 5.91 Å². The van der Waals surface area contributed by atoms with E-state index in [0.717, 1.165) is 17.1 Å². The molecule has 0 radical (unpaired) electrons. The summed E-state index contributed by atoms with van der Waals surface area (Å²) < 4.78 is 0. The quantitative estimate of drug-likeness (QED) is 0.404. The fraction of sp³-hybridized carbons (Fsp3) is 0.172. The molecule has 0 spiro atoms. The predicted molar refractivity (Wildman–Crippen MR) is 137 cm³/mol. The lowest BCUT2D eigenvalue weighted by molar-refractivity contribution is 0.0742. The Kier molecular flexibility index (Phi) is 6.35. The molecule has 174 valence electrons. The van der Waals surface area contributed by atoms with Gasteiger partial charge >= 0.3 is 0 Å². The number of rotatable bonds is 5. The molecule has 3 aromatic carbocycles. The van der Waals surface area contributed by atoms with E-state index >= 15 is 0 Å². The lowest BCUT2D eigenvalue weighted by Gasteiger charge is -2.35. The molecule has 0 aliphatic carbocycles. The standard InChI is InChI=1S/C29H26N4O2/c1-21-11-13-22(14-12-21)26-15-16-27(31-30-26)32-17-19-33(20-18-32)29(35)25-10-6-5-9-24(25)28(34)23-7-3-2-4-8-23/h2-16H,17-20H2,1H3. The van der Waals surface area contributed by atoms with E-state index in [1.165, 1.54) is 5.56 Å². The average molecular weight is 463 g/mol. The molecular weight excluding hydrogens is 436 g/mol. The largest absolute Gasteiger partial charge is 0.352 e. The summed E-state index contributed by atoms with van der Waals surface area (Å²) in [5.41, 5.74) is 4.53. The van der Waals surface area contributed by atoms with Crippen LogP contribution in [0.1, 0.15) is 31.8 Å². The number of carbonyl (C=O) groups is 2. The Bertz CT molecular complexity index is 1330. The van der Waals surface area contributed by atoms with Gasteiger partial charge in [0.2, 0.25) is 0 Å². The van der Waals surface area contributed by atoms with Gasteiger partial charge in [0, 0.05) is 42.9 Å². The van der Waals surface area contributed by atoms with E-state index in [2.05, 4.69) is 34.2 Å². The molecule has 1 fully saturated rings. The second-order valence-corrected chi connectivity index (χ2v) is 8.66. The Hall–Kier alpha value is -4.32. The first kappa shape index (κ1) is 22.5. The number of aryl methyl sites for hydroxylation is 1. The number of anilines is 1. The monoisotopic (exact) mass is 462 g/mol. The topological polar surface area (TPSA) is 66.4 Å². The Morgan fingerprint density at radius 2 is 1.34 bits per heavy atom. The number of hydrogen-bond donors (Lipinski definition) is 0. The van der Waals surface area contributed by atoms with Gasteiger partial charge in [0.1, 0.15) is 0 Å². The van der Waals surface area contributed by atoms with E-state index in [1.54, 1.807) is 36.4 Å². The minimum Gasteiger partial charge on any atom is -0.352 e. The molecule has 0 saturated carbocycles. The number of ketones is 1. The molecule has 0 unspecified atom stereocenters. The maximum Gasteiger partial charge on any atom is 0.254 e. The van der Waals surface area contributed by atoms with Gasteiger partial charge in [0.15, 0.2) is 11.6 Å². The van der Waals surface area contributed by atoms with Gasteiger partial charge in [-0.2, -0.15) is 0 Å². The highest BCUT2D eigenvalue weighted by Crippen LogP contribution is 2.21. The van der Waals surface area contributed by atoms with Crippen molar-refractivity contribution in [3.63, 3.8) is 0 Å². The van der Waals surface area contributed by atoms with E-state index in [-0.39, 0.29) is 11.7 Å². The van der Waals surface area contributed by atoms with E-state index in [9.17, 15) is 9.59 Å². The molecule has 1 saturated heterocycles. The summed E-state index contributed by atoms with van der Waals surface area (Å²) in [5, 5.41) is 8.83. The van der Waals surface area contributed by atoms with Crippen LogP contribution in [0.3, 0.4) is 0 Å². The molecule has 1 aromatic heterocycles. The van der Waals surface area contributed by atoms with Gasteiger partial charge in [-0.25, -0.2) is 0 Å². The normalized spacial score (nSPS) is 13.5. The molecule has 6 heteroatoms. The second-order valence-electron chi connectivity index (χ2n) is 8.66. The number of aromatic nitrogens is 2. The van der Waals surface area contributed by atoms with Crippen molar-refractivity contribution in [1.82, 2.24) is 15.1 Å². The van der Waals surface area contributed by atoms with Crippen molar-refractivity contribution in [3.05, 3.63) is 113 Å². The van der Waals surface area contributed by atoms with Gasteiger partial charge in [0.05, 0.1) is 11.3 Å². The minimum atomic E-state index is -0.142. The molecule has 6 nitrogen and oxygen atoms in total. The highest BCUT2D eigenvalue weighted by atomic mass is 16.2. The maximum atomic E-state index is 13.4. The zero-order valence-electron chi connectivity index (χ0n) is 19.6. The van der Waals surface area contributed by atoms with Crippen LogP contribution in [-0.4, -0.2) is 53.0 Å². The van der Waals surface area contributed by atoms with Crippen molar-refractivity contribution in [2.24, 2.45) is 0 Å². The third-order valence-corrected chi connectivity index (χ3v) is 6.33. The number of piperazine rings is 1. The van der Waals surface area contributed by atoms with E-state index < -0.39 is 0 Å². The van der Waals surface area contributed by atoms with Crippen LogP contribution in [0.15, 0.2) is 91.0 Å². The Balaban J connectivity index is 1.26. The molecule has 1 aliphatic heterocycles. The van der Waals surface area contributed by atoms with Crippen LogP contribution in [0, 0.1) is 6.92 Å². The molecule has 2 heterocycles. The van der Waals surface area contributed by atoms with Gasteiger partial charge < -0.3 is 9.80 Å². The summed E-state index contributed by atoms with van der Waals surface area (Å²) >= 11 is 0. The van der Waals surface area contributed by atoms with Crippen molar-refractivity contribution in [3.8, 4) is 11.3 Å². The van der Waals surface area contributed by atoms with Crippen LogP contribution in [0.2, 0.25) is 0 Å². The van der Waals surface area contributed by atoms with Crippen LogP contribution in [0.5, 0.6) is 0 Å². The fourth-order valence-corrected chi connectivity index (χ4v) is 4.29. The van der Waals surface area contributed by atoms with Crippen LogP contribution >= 0.6 is 0 Å². The average Bonchev–Trinajstić information content (AvgIpc) is 2.93. The van der Waals surface area contributed by atoms with Crippen LogP contribution < -0.4 is 4.90 Å². The zero-order chi connectivity index (χ0) is 24.2. The summed E-state index contributed by atoms with van der Waals surface area (Å²) in [6.07, 6.45) is 0. The number of nitrogens with zero attached hydrogens (tertiary/aromatic N) is 4. The lowest BCUT2D eigenvalue weighted by Crippen LogP contribution is -2.49. The maximum absolute atomic E-state index is 13.4. The van der Waals surface area contributed by atoms with E-state index in [4.69, 9.17) is 0 Å². The van der Waals surface area contributed by atoms with E-state index in [1.807, 2.05) is 47.4 Å². The van der Waals surface area contributed by atoms with Gasteiger partial charge in [-0.05, 0) is 25.1 Å². The fourth-order valence-electron chi connectivity index (χ4n) is 4.29. The predicted octanol–water partition coefficient (Wildman–Crippen LogP) is 4.65. The first-order valence-electron chi connectivity index (χ1n) is 11.7. The van der Waals surface area contributed by atoms with Gasteiger partial charge in [-0.15, -0.1) is 10.2 Å². The number of benzene rings is 3. The summed E-state index contributed by atoms with van der Waals surface area (Å²) in [4.78, 5) is 30.3. The number of carbonyl (C=O) groups excluding carboxylic acids is 2. The van der Waals surface area contributed by atoms with Crippen molar-refractivity contribution >= 4 is 17.5 Å². The Morgan fingerprint density at radius 1 is 0.686 bits per heavy atom. The smallest absolute Gasteiger partial charge is 0.254 e. The first-order valence-corrected chi connectivity index (χ1v) is 11.7. The SMILES string of the molecule is Cc1ccc(-c2ccc(N3CCN(C(=O)c4ccccc4C(=O)c4ccccc4)CC3)nn2)cc1. The Labute approximate surface area is 204 Å². The third-order valence-electron chi connectivity index (χ3n) is 6.33. The van der Waals surface area contributed by atoms with Gasteiger partial charge in [-0.1, -0.05) is 78.4 Å². The van der Waals surface area contributed by atoms with Crippen molar-refractivity contribution < 1.29 is 9.59 Å².